The summed E-state index contributed by atoms with van der Waals surface area (Å²) in [5.41, 5.74) is 1.29. The molecule has 3 rings (SSSR count). The highest BCUT2D eigenvalue weighted by Crippen LogP contribution is 2.28. The molecule has 2 aromatic carbocycles. The molecule has 5 nitrogen and oxygen atoms in total. The summed E-state index contributed by atoms with van der Waals surface area (Å²) >= 11 is 0. The molecule has 0 unspecified atom stereocenters. The second-order valence-electron chi connectivity index (χ2n) is 7.28. The summed E-state index contributed by atoms with van der Waals surface area (Å²) in [5, 5.41) is 6.41. The first-order valence-corrected chi connectivity index (χ1v) is 9.56. The molecule has 7 heteroatoms. The maximum Gasteiger partial charge on any atom is 0.255 e. The van der Waals surface area contributed by atoms with Gasteiger partial charge in [-0.3, -0.25) is 4.79 Å². The van der Waals surface area contributed by atoms with Crippen LogP contribution in [0.15, 0.2) is 48.5 Å². The van der Waals surface area contributed by atoms with Crippen molar-refractivity contribution in [1.29, 1.82) is 0 Å². The Balaban J connectivity index is 0.00000300. The molecule has 1 aliphatic rings. The predicted octanol–water partition coefficient (Wildman–Crippen LogP) is 3.57. The number of benzene rings is 2. The van der Waals surface area contributed by atoms with Gasteiger partial charge in [0, 0.05) is 19.1 Å². The summed E-state index contributed by atoms with van der Waals surface area (Å²) in [5.74, 6) is 0.0607. The van der Waals surface area contributed by atoms with Crippen LogP contribution in [0.4, 0.5) is 4.39 Å². The van der Waals surface area contributed by atoms with E-state index in [1.165, 1.54) is 12.1 Å². The molecule has 0 aliphatic carbocycles. The second-order valence-corrected chi connectivity index (χ2v) is 7.28. The number of hydrogen-bond acceptors (Lipinski definition) is 4. The number of para-hydroxylation sites is 1. The van der Waals surface area contributed by atoms with E-state index < -0.39 is 0 Å². The van der Waals surface area contributed by atoms with Crippen molar-refractivity contribution in [2.24, 2.45) is 5.41 Å². The molecule has 0 bridgehead atoms. The zero-order chi connectivity index (χ0) is 19.8. The minimum atomic E-state index is -0.286. The fourth-order valence-corrected chi connectivity index (χ4v) is 3.52. The lowest BCUT2D eigenvalue weighted by Crippen LogP contribution is -2.47. The Hall–Kier alpha value is -2.15. The van der Waals surface area contributed by atoms with Gasteiger partial charge in [-0.05, 0) is 55.8 Å². The quantitative estimate of drug-likeness (QED) is 0.682. The fourth-order valence-electron chi connectivity index (χ4n) is 3.52. The summed E-state index contributed by atoms with van der Waals surface area (Å²) in [6.45, 7) is 3.31. The van der Waals surface area contributed by atoms with Crippen LogP contribution in [-0.4, -0.2) is 39.3 Å². The second kappa shape index (κ2) is 11.1. The Labute approximate surface area is 177 Å². The number of nitrogens with one attached hydrogen (secondary N) is 2. The van der Waals surface area contributed by atoms with Crippen LogP contribution in [0.5, 0.6) is 5.75 Å². The zero-order valence-electron chi connectivity index (χ0n) is 16.6. The van der Waals surface area contributed by atoms with Gasteiger partial charge in [0.25, 0.3) is 5.91 Å². The molecule has 158 valence electrons. The molecule has 0 atom stereocenters. The number of carbonyl (C=O) groups is 1. The van der Waals surface area contributed by atoms with Crippen molar-refractivity contribution >= 4 is 18.3 Å². The van der Waals surface area contributed by atoms with E-state index in [1.54, 1.807) is 31.4 Å². The lowest BCUT2D eigenvalue weighted by atomic mass is 9.79. The van der Waals surface area contributed by atoms with Gasteiger partial charge < -0.3 is 20.1 Å². The standard InChI is InChI=1S/C22H27FN2O3.ClH/c1-27-16-22(10-12-24-13-11-22)15-25-21(26)19-4-2-3-5-20(19)28-14-17-6-8-18(23)9-7-17;/h2-9,24H,10-16H2,1H3,(H,25,26);1H. The van der Waals surface area contributed by atoms with Crippen LogP contribution in [-0.2, 0) is 11.3 Å². The predicted molar refractivity (Wildman–Crippen MR) is 113 cm³/mol. The number of amides is 1. The minimum Gasteiger partial charge on any atom is -0.488 e. The number of methoxy groups -OCH3 is 1. The summed E-state index contributed by atoms with van der Waals surface area (Å²) in [6, 6.07) is 13.3. The summed E-state index contributed by atoms with van der Waals surface area (Å²) in [6.07, 6.45) is 1.92. The molecule has 0 radical (unpaired) electrons. The molecule has 1 amide bonds. The van der Waals surface area contributed by atoms with Crippen LogP contribution in [0.1, 0.15) is 28.8 Å². The summed E-state index contributed by atoms with van der Waals surface area (Å²) < 4.78 is 24.3. The molecule has 2 aromatic rings. The van der Waals surface area contributed by atoms with E-state index in [0.717, 1.165) is 31.5 Å². The number of hydrogen-bond donors (Lipinski definition) is 2. The maximum absolute atomic E-state index is 13.0. The lowest BCUT2D eigenvalue weighted by molar-refractivity contribution is 0.0511. The van der Waals surface area contributed by atoms with Gasteiger partial charge in [0.05, 0.1) is 12.2 Å². The number of carbonyl (C=O) groups excluding carboxylic acids is 1. The largest absolute Gasteiger partial charge is 0.488 e. The average molecular weight is 423 g/mol. The van der Waals surface area contributed by atoms with E-state index in [-0.39, 0.29) is 36.2 Å². The highest BCUT2D eigenvalue weighted by atomic mass is 35.5. The van der Waals surface area contributed by atoms with Gasteiger partial charge in [-0.25, -0.2) is 4.39 Å². The van der Waals surface area contributed by atoms with E-state index in [2.05, 4.69) is 10.6 Å². The lowest BCUT2D eigenvalue weighted by Gasteiger charge is -2.37. The van der Waals surface area contributed by atoms with E-state index in [0.29, 0.717) is 24.5 Å². The summed E-state index contributed by atoms with van der Waals surface area (Å²) in [7, 11) is 1.70. The van der Waals surface area contributed by atoms with Gasteiger partial charge in [0.2, 0.25) is 0 Å². The van der Waals surface area contributed by atoms with Crippen molar-refractivity contribution in [2.45, 2.75) is 19.4 Å². The molecule has 0 spiro atoms. The van der Waals surface area contributed by atoms with Crippen molar-refractivity contribution in [2.75, 3.05) is 33.4 Å². The molecule has 29 heavy (non-hydrogen) atoms. The zero-order valence-corrected chi connectivity index (χ0v) is 17.4. The number of rotatable bonds is 8. The highest BCUT2D eigenvalue weighted by molar-refractivity contribution is 5.96. The molecule has 1 heterocycles. The third-order valence-corrected chi connectivity index (χ3v) is 5.18. The van der Waals surface area contributed by atoms with Gasteiger partial charge in [0.15, 0.2) is 0 Å². The van der Waals surface area contributed by atoms with Crippen molar-refractivity contribution in [3.05, 3.63) is 65.5 Å². The number of ether oxygens (including phenoxy) is 2. The molecule has 1 fully saturated rings. The monoisotopic (exact) mass is 422 g/mol. The van der Waals surface area contributed by atoms with Crippen molar-refractivity contribution < 1.29 is 18.7 Å². The Morgan fingerprint density at radius 3 is 2.52 bits per heavy atom. The third-order valence-electron chi connectivity index (χ3n) is 5.18. The van der Waals surface area contributed by atoms with Crippen LogP contribution in [0.2, 0.25) is 0 Å². The molecular formula is C22H28ClFN2O3. The van der Waals surface area contributed by atoms with E-state index in [4.69, 9.17) is 9.47 Å². The fraction of sp³-hybridized carbons (Fsp3) is 0.409. The topological polar surface area (TPSA) is 59.6 Å². The first-order valence-electron chi connectivity index (χ1n) is 9.56. The number of piperidine rings is 1. The van der Waals surface area contributed by atoms with Crippen molar-refractivity contribution in [3.63, 3.8) is 0 Å². The first kappa shape index (κ1) is 23.1. The normalized spacial score (nSPS) is 15.2. The van der Waals surface area contributed by atoms with Crippen LogP contribution >= 0.6 is 12.4 Å². The van der Waals surface area contributed by atoms with Gasteiger partial charge in [0.1, 0.15) is 18.2 Å². The van der Waals surface area contributed by atoms with Crippen molar-refractivity contribution in [3.8, 4) is 5.75 Å². The first-order chi connectivity index (χ1) is 13.6. The highest BCUT2D eigenvalue weighted by Gasteiger charge is 2.32. The van der Waals surface area contributed by atoms with Gasteiger partial charge in [-0.2, -0.15) is 0 Å². The van der Waals surface area contributed by atoms with E-state index in [1.807, 2.05) is 12.1 Å². The molecular weight excluding hydrogens is 395 g/mol. The van der Waals surface area contributed by atoms with Crippen LogP contribution < -0.4 is 15.4 Å². The molecule has 1 saturated heterocycles. The Kier molecular flexibility index (Phi) is 8.89. The molecule has 0 aromatic heterocycles. The van der Waals surface area contributed by atoms with Crippen LogP contribution in [0, 0.1) is 11.2 Å². The van der Waals surface area contributed by atoms with Crippen LogP contribution in [0.25, 0.3) is 0 Å². The molecule has 2 N–H and O–H groups in total. The summed E-state index contributed by atoms with van der Waals surface area (Å²) in [4.78, 5) is 12.8. The molecule has 1 aliphatic heterocycles. The average Bonchev–Trinajstić information content (AvgIpc) is 2.73. The SMILES string of the molecule is COCC1(CNC(=O)c2ccccc2OCc2ccc(F)cc2)CCNCC1.Cl. The maximum atomic E-state index is 13.0. The van der Waals surface area contributed by atoms with Gasteiger partial charge in [-0.15, -0.1) is 12.4 Å². The Morgan fingerprint density at radius 1 is 1.14 bits per heavy atom. The van der Waals surface area contributed by atoms with E-state index in [9.17, 15) is 9.18 Å². The van der Waals surface area contributed by atoms with Gasteiger partial charge >= 0.3 is 0 Å². The number of halogens is 2. The van der Waals surface area contributed by atoms with Crippen LogP contribution in [0.3, 0.4) is 0 Å². The Morgan fingerprint density at radius 2 is 1.83 bits per heavy atom. The van der Waals surface area contributed by atoms with Gasteiger partial charge in [-0.1, -0.05) is 24.3 Å². The molecule has 0 saturated carbocycles. The minimum absolute atomic E-state index is 0. The van der Waals surface area contributed by atoms with Crippen molar-refractivity contribution in [1.82, 2.24) is 10.6 Å². The Bertz CT molecular complexity index is 774. The third kappa shape index (κ3) is 6.42. The smallest absolute Gasteiger partial charge is 0.255 e. The van der Waals surface area contributed by atoms with E-state index >= 15 is 0 Å².